The van der Waals surface area contributed by atoms with Crippen LogP contribution in [-0.2, 0) is 0 Å². The van der Waals surface area contributed by atoms with E-state index in [0.29, 0.717) is 17.6 Å². The second-order valence-corrected chi connectivity index (χ2v) is 13.6. The lowest BCUT2D eigenvalue weighted by molar-refractivity contribution is 0.953. The first kappa shape index (κ1) is 28.6. The molecule has 10 aromatic rings. The van der Waals surface area contributed by atoms with Gasteiger partial charge >= 0.3 is 0 Å². The van der Waals surface area contributed by atoms with Gasteiger partial charge in [0, 0.05) is 42.1 Å². The number of rotatable bonds is 5. The van der Waals surface area contributed by atoms with Crippen molar-refractivity contribution in [1.29, 1.82) is 0 Å². The molecule has 4 nitrogen and oxygen atoms in total. The van der Waals surface area contributed by atoms with Crippen molar-refractivity contribution in [2.45, 2.75) is 0 Å². The fourth-order valence-electron chi connectivity index (χ4n) is 7.05. The van der Waals surface area contributed by atoms with E-state index in [1.807, 2.05) is 72.0 Å². The number of benzene rings is 7. The molecule has 0 aliphatic carbocycles. The summed E-state index contributed by atoms with van der Waals surface area (Å²) in [6, 6.07) is 59.9. The van der Waals surface area contributed by atoms with Crippen LogP contribution in [0, 0.1) is 0 Å². The standard InChI is InChI=1S/C45H28N4S/c1-3-12-29(13-4-1)43-46-44(30-14-5-2-6-15-30)48-45(47-43)49-39-20-9-7-18-35(39)37-27-33(22-24-40(37)49)31-16-11-17-32(26-31)34-23-25-42-38(28-34)36-19-8-10-21-41(36)50-42/h1-28H. The monoisotopic (exact) mass is 656 g/mol. The van der Waals surface area contributed by atoms with Crippen LogP contribution in [0.15, 0.2) is 170 Å². The molecule has 0 saturated carbocycles. The lowest BCUT2D eigenvalue weighted by Gasteiger charge is -2.11. The summed E-state index contributed by atoms with van der Waals surface area (Å²) in [5, 5.41) is 4.93. The summed E-state index contributed by atoms with van der Waals surface area (Å²) in [5.41, 5.74) is 8.75. The van der Waals surface area contributed by atoms with Crippen LogP contribution in [0.25, 0.3) is 93.0 Å². The fraction of sp³-hybridized carbons (Fsp3) is 0. The van der Waals surface area contributed by atoms with E-state index in [4.69, 9.17) is 15.0 Å². The van der Waals surface area contributed by atoms with Crippen LogP contribution in [-0.4, -0.2) is 19.5 Å². The number of hydrogen-bond acceptors (Lipinski definition) is 4. The second-order valence-electron chi connectivity index (χ2n) is 12.5. The Hall–Kier alpha value is -6.43. The third-order valence-electron chi connectivity index (χ3n) is 9.47. The van der Waals surface area contributed by atoms with Crippen molar-refractivity contribution >= 4 is 53.3 Å². The summed E-state index contributed by atoms with van der Waals surface area (Å²) in [4.78, 5) is 15.1. The van der Waals surface area contributed by atoms with E-state index in [-0.39, 0.29) is 0 Å². The Morgan fingerprint density at radius 3 is 1.58 bits per heavy atom. The molecule has 234 valence electrons. The van der Waals surface area contributed by atoms with Gasteiger partial charge in [0.2, 0.25) is 5.95 Å². The molecule has 0 aliphatic rings. The molecule has 5 heteroatoms. The maximum atomic E-state index is 5.08. The van der Waals surface area contributed by atoms with Gasteiger partial charge in [-0.1, -0.05) is 127 Å². The summed E-state index contributed by atoms with van der Waals surface area (Å²) in [6.45, 7) is 0. The van der Waals surface area contributed by atoms with Gasteiger partial charge in [-0.2, -0.15) is 9.97 Å². The molecule has 0 bridgehead atoms. The van der Waals surface area contributed by atoms with Gasteiger partial charge < -0.3 is 0 Å². The molecule has 10 rings (SSSR count). The highest BCUT2D eigenvalue weighted by Gasteiger charge is 2.18. The van der Waals surface area contributed by atoms with Crippen molar-refractivity contribution < 1.29 is 0 Å². The molecule has 3 heterocycles. The largest absolute Gasteiger partial charge is 0.278 e. The van der Waals surface area contributed by atoms with E-state index in [2.05, 4.69) is 114 Å². The van der Waals surface area contributed by atoms with Crippen LogP contribution in [0.5, 0.6) is 0 Å². The van der Waals surface area contributed by atoms with Crippen LogP contribution in [0.1, 0.15) is 0 Å². The highest BCUT2D eigenvalue weighted by molar-refractivity contribution is 7.25. The summed E-state index contributed by atoms with van der Waals surface area (Å²) >= 11 is 1.85. The van der Waals surface area contributed by atoms with Gasteiger partial charge in [-0.25, -0.2) is 4.98 Å². The molecular weight excluding hydrogens is 629 g/mol. The van der Waals surface area contributed by atoms with E-state index in [1.165, 1.54) is 36.9 Å². The van der Waals surface area contributed by atoms with E-state index < -0.39 is 0 Å². The summed E-state index contributed by atoms with van der Waals surface area (Å²) < 4.78 is 4.81. The Morgan fingerprint density at radius 1 is 0.340 bits per heavy atom. The predicted molar refractivity (Wildman–Crippen MR) is 209 cm³/mol. The molecule has 7 aromatic carbocycles. The highest BCUT2D eigenvalue weighted by atomic mass is 32.1. The quantitative estimate of drug-likeness (QED) is 0.185. The van der Waals surface area contributed by atoms with Crippen molar-refractivity contribution in [1.82, 2.24) is 19.5 Å². The number of para-hydroxylation sites is 1. The van der Waals surface area contributed by atoms with Crippen molar-refractivity contribution in [2.75, 3.05) is 0 Å². The molecule has 3 aromatic heterocycles. The minimum Gasteiger partial charge on any atom is -0.278 e. The Bertz CT molecular complexity index is 2810. The molecular formula is C45H28N4S. The first-order valence-corrected chi connectivity index (χ1v) is 17.5. The number of fused-ring (bicyclic) bond motifs is 6. The van der Waals surface area contributed by atoms with Crippen LogP contribution >= 0.6 is 11.3 Å². The molecule has 0 aliphatic heterocycles. The topological polar surface area (TPSA) is 43.6 Å². The lowest BCUT2D eigenvalue weighted by Crippen LogP contribution is -2.06. The van der Waals surface area contributed by atoms with Gasteiger partial charge in [-0.15, -0.1) is 11.3 Å². The molecule has 0 spiro atoms. The van der Waals surface area contributed by atoms with Gasteiger partial charge in [0.15, 0.2) is 11.6 Å². The molecule has 0 unspecified atom stereocenters. The van der Waals surface area contributed by atoms with E-state index >= 15 is 0 Å². The van der Waals surface area contributed by atoms with Crippen LogP contribution < -0.4 is 0 Å². The van der Waals surface area contributed by atoms with E-state index in [0.717, 1.165) is 38.5 Å². The average Bonchev–Trinajstić information content (AvgIpc) is 3.73. The van der Waals surface area contributed by atoms with Crippen molar-refractivity contribution in [3.63, 3.8) is 0 Å². The second kappa shape index (κ2) is 11.6. The maximum absolute atomic E-state index is 5.08. The van der Waals surface area contributed by atoms with Gasteiger partial charge in [0.05, 0.1) is 11.0 Å². The predicted octanol–water partition coefficient (Wildman–Crippen LogP) is 12.0. The van der Waals surface area contributed by atoms with Crippen LogP contribution in [0.3, 0.4) is 0 Å². The third kappa shape index (κ3) is 4.79. The van der Waals surface area contributed by atoms with Gasteiger partial charge in [0.1, 0.15) is 0 Å². The average molecular weight is 657 g/mol. The number of nitrogens with zero attached hydrogens (tertiary/aromatic N) is 4. The number of thiophene rings is 1. The van der Waals surface area contributed by atoms with Crippen LogP contribution in [0.4, 0.5) is 0 Å². The first-order valence-electron chi connectivity index (χ1n) is 16.7. The Morgan fingerprint density at radius 2 is 0.860 bits per heavy atom. The minimum absolute atomic E-state index is 0.593. The molecule has 0 atom stereocenters. The van der Waals surface area contributed by atoms with E-state index in [1.54, 1.807) is 0 Å². The molecule has 0 amide bonds. The Balaban J connectivity index is 1.12. The van der Waals surface area contributed by atoms with Crippen molar-refractivity contribution in [3.8, 4) is 51.0 Å². The van der Waals surface area contributed by atoms with Crippen LogP contribution in [0.2, 0.25) is 0 Å². The van der Waals surface area contributed by atoms with Crippen molar-refractivity contribution in [2.24, 2.45) is 0 Å². The van der Waals surface area contributed by atoms with E-state index in [9.17, 15) is 0 Å². The minimum atomic E-state index is 0.593. The van der Waals surface area contributed by atoms with Crippen molar-refractivity contribution in [3.05, 3.63) is 170 Å². The van der Waals surface area contributed by atoms with Gasteiger partial charge in [-0.3, -0.25) is 4.57 Å². The molecule has 0 N–H and O–H groups in total. The fourth-order valence-corrected chi connectivity index (χ4v) is 8.14. The first-order chi connectivity index (χ1) is 24.8. The van der Waals surface area contributed by atoms with Gasteiger partial charge in [0.25, 0.3) is 0 Å². The zero-order valence-electron chi connectivity index (χ0n) is 26.9. The Labute approximate surface area is 292 Å². The summed E-state index contributed by atoms with van der Waals surface area (Å²) in [6.07, 6.45) is 0. The maximum Gasteiger partial charge on any atom is 0.238 e. The molecule has 0 radical (unpaired) electrons. The molecule has 0 fully saturated rings. The summed E-state index contributed by atoms with van der Waals surface area (Å²) in [5.74, 6) is 1.87. The molecule has 50 heavy (non-hydrogen) atoms. The highest BCUT2D eigenvalue weighted by Crippen LogP contribution is 2.38. The molecule has 0 saturated heterocycles. The lowest BCUT2D eigenvalue weighted by atomic mass is 9.97. The normalized spacial score (nSPS) is 11.6. The SMILES string of the molecule is c1ccc(-c2nc(-c3ccccc3)nc(-n3c4ccccc4c4cc(-c5cccc(-c6ccc7sc8ccccc8c7c6)c5)ccc43)n2)cc1. The summed E-state index contributed by atoms with van der Waals surface area (Å²) in [7, 11) is 0. The zero-order chi connectivity index (χ0) is 33.0. The number of aromatic nitrogens is 4. The number of hydrogen-bond donors (Lipinski definition) is 0. The van der Waals surface area contributed by atoms with Gasteiger partial charge in [-0.05, 0) is 64.7 Å². The smallest absolute Gasteiger partial charge is 0.238 e. The zero-order valence-corrected chi connectivity index (χ0v) is 27.7. The third-order valence-corrected chi connectivity index (χ3v) is 10.6. The Kier molecular flexibility index (Phi) is 6.64.